The van der Waals surface area contributed by atoms with Gasteiger partial charge in [0, 0.05) is 18.7 Å². The number of rotatable bonds is 8. The molecule has 1 aromatic carbocycles. The first-order valence-electron chi connectivity index (χ1n) is 6.48. The van der Waals surface area contributed by atoms with Crippen LogP contribution in [0.4, 0.5) is 11.4 Å². The maximum absolute atomic E-state index is 10.6. The maximum Gasteiger partial charge on any atom is 0.271 e. The highest BCUT2D eigenvalue weighted by molar-refractivity contribution is 6.33. The lowest BCUT2D eigenvalue weighted by molar-refractivity contribution is -0.384. The molecule has 0 aliphatic rings. The van der Waals surface area contributed by atoms with Crippen LogP contribution in [-0.2, 0) is 0 Å². The van der Waals surface area contributed by atoms with Crippen molar-refractivity contribution in [1.82, 2.24) is 4.90 Å². The predicted octanol–water partition coefficient (Wildman–Crippen LogP) is 3.39. The minimum Gasteiger partial charge on any atom is -0.384 e. The normalized spacial score (nSPS) is 10.7. The van der Waals surface area contributed by atoms with Crippen LogP contribution < -0.4 is 5.32 Å². The summed E-state index contributed by atoms with van der Waals surface area (Å²) in [6, 6.07) is 4.48. The summed E-state index contributed by atoms with van der Waals surface area (Å²) in [5.41, 5.74) is 0.755. The van der Waals surface area contributed by atoms with E-state index in [-0.39, 0.29) is 5.69 Å². The summed E-state index contributed by atoms with van der Waals surface area (Å²) >= 11 is 5.99. The standard InChI is InChI=1S/C13H20ClN3O2/c1-3-16(4-2)9-5-8-15-13-7-6-11(17(18)19)10-12(13)14/h6-7,10,15H,3-5,8-9H2,1-2H3. The maximum atomic E-state index is 10.6. The number of anilines is 1. The van der Waals surface area contributed by atoms with Gasteiger partial charge in [0.15, 0.2) is 0 Å². The van der Waals surface area contributed by atoms with Crippen LogP contribution in [0.3, 0.4) is 0 Å². The number of nitrogens with zero attached hydrogens (tertiary/aromatic N) is 2. The van der Waals surface area contributed by atoms with Gasteiger partial charge >= 0.3 is 0 Å². The number of hydrogen-bond acceptors (Lipinski definition) is 4. The summed E-state index contributed by atoms with van der Waals surface area (Å²) in [6.45, 7) is 8.22. The fourth-order valence-corrected chi connectivity index (χ4v) is 2.07. The topological polar surface area (TPSA) is 58.4 Å². The van der Waals surface area contributed by atoms with E-state index in [1.807, 2.05) is 0 Å². The van der Waals surface area contributed by atoms with Crippen molar-refractivity contribution >= 4 is 23.0 Å². The Kier molecular flexibility index (Phi) is 6.59. The van der Waals surface area contributed by atoms with Crippen LogP contribution in [0.1, 0.15) is 20.3 Å². The number of nitrogens with one attached hydrogen (secondary N) is 1. The van der Waals surface area contributed by atoms with Gasteiger partial charge < -0.3 is 10.2 Å². The SMILES string of the molecule is CCN(CC)CCCNc1ccc([N+](=O)[O-])cc1Cl. The Hall–Kier alpha value is -1.33. The van der Waals surface area contributed by atoms with Crippen molar-refractivity contribution in [3.63, 3.8) is 0 Å². The number of non-ortho nitro benzene ring substituents is 1. The second-order valence-corrected chi connectivity index (χ2v) is 4.64. The van der Waals surface area contributed by atoms with Gasteiger partial charge in [-0.3, -0.25) is 10.1 Å². The lowest BCUT2D eigenvalue weighted by atomic mass is 10.2. The first kappa shape index (κ1) is 15.7. The second kappa shape index (κ2) is 7.96. The molecule has 0 aliphatic heterocycles. The van der Waals surface area contributed by atoms with Crippen molar-refractivity contribution in [2.24, 2.45) is 0 Å². The molecule has 0 radical (unpaired) electrons. The molecule has 0 aromatic heterocycles. The van der Waals surface area contributed by atoms with E-state index in [2.05, 4.69) is 24.1 Å². The number of halogens is 1. The zero-order valence-corrected chi connectivity index (χ0v) is 12.1. The summed E-state index contributed by atoms with van der Waals surface area (Å²) in [6.07, 6.45) is 1.01. The molecular formula is C13H20ClN3O2. The van der Waals surface area contributed by atoms with Gasteiger partial charge in [0.2, 0.25) is 0 Å². The van der Waals surface area contributed by atoms with Crippen LogP contribution in [-0.4, -0.2) is 36.0 Å². The van der Waals surface area contributed by atoms with Crippen molar-refractivity contribution < 1.29 is 4.92 Å². The third-order valence-electron chi connectivity index (χ3n) is 3.02. The molecule has 0 atom stereocenters. The van der Waals surface area contributed by atoms with Crippen molar-refractivity contribution in [1.29, 1.82) is 0 Å². The third-order valence-corrected chi connectivity index (χ3v) is 3.34. The summed E-state index contributed by atoms with van der Waals surface area (Å²) in [5, 5.41) is 14.2. The van der Waals surface area contributed by atoms with Crippen LogP contribution in [0, 0.1) is 10.1 Å². The minimum atomic E-state index is -0.448. The van der Waals surface area contributed by atoms with Crippen LogP contribution in [0.15, 0.2) is 18.2 Å². The molecule has 106 valence electrons. The van der Waals surface area contributed by atoms with Gasteiger partial charge in [0.1, 0.15) is 0 Å². The van der Waals surface area contributed by atoms with E-state index in [0.29, 0.717) is 5.02 Å². The Labute approximate surface area is 118 Å². The van der Waals surface area contributed by atoms with Crippen molar-refractivity contribution in [2.45, 2.75) is 20.3 Å². The summed E-state index contributed by atoms with van der Waals surface area (Å²) in [7, 11) is 0. The highest BCUT2D eigenvalue weighted by Crippen LogP contribution is 2.26. The number of nitro benzene ring substituents is 1. The molecule has 19 heavy (non-hydrogen) atoms. The molecule has 0 unspecified atom stereocenters. The van der Waals surface area contributed by atoms with Crippen LogP contribution in [0.2, 0.25) is 5.02 Å². The van der Waals surface area contributed by atoms with Crippen molar-refractivity contribution in [3.05, 3.63) is 33.3 Å². The van der Waals surface area contributed by atoms with E-state index in [1.54, 1.807) is 6.07 Å². The first-order valence-corrected chi connectivity index (χ1v) is 6.86. The van der Waals surface area contributed by atoms with Crippen molar-refractivity contribution in [2.75, 3.05) is 31.5 Å². The Bertz CT molecular complexity index is 422. The second-order valence-electron chi connectivity index (χ2n) is 4.23. The van der Waals surface area contributed by atoms with Crippen LogP contribution >= 0.6 is 11.6 Å². The lowest BCUT2D eigenvalue weighted by Gasteiger charge is -2.18. The summed E-state index contributed by atoms with van der Waals surface area (Å²) < 4.78 is 0. The Morgan fingerprint density at radius 2 is 2.05 bits per heavy atom. The Morgan fingerprint density at radius 1 is 1.37 bits per heavy atom. The van der Waals surface area contributed by atoms with E-state index < -0.39 is 4.92 Å². The van der Waals surface area contributed by atoms with Gasteiger partial charge in [0.05, 0.1) is 15.6 Å². The molecular weight excluding hydrogens is 266 g/mol. The number of hydrogen-bond donors (Lipinski definition) is 1. The highest BCUT2D eigenvalue weighted by atomic mass is 35.5. The average Bonchev–Trinajstić information content (AvgIpc) is 2.40. The fourth-order valence-electron chi connectivity index (χ4n) is 1.83. The molecule has 5 nitrogen and oxygen atoms in total. The van der Waals surface area contributed by atoms with Crippen LogP contribution in [0.5, 0.6) is 0 Å². The fraction of sp³-hybridized carbons (Fsp3) is 0.538. The van der Waals surface area contributed by atoms with Gasteiger partial charge in [0.25, 0.3) is 5.69 Å². The van der Waals surface area contributed by atoms with E-state index in [9.17, 15) is 10.1 Å². The molecule has 0 saturated heterocycles. The van der Waals surface area contributed by atoms with Gasteiger partial charge in [-0.25, -0.2) is 0 Å². The third kappa shape index (κ3) is 5.04. The van der Waals surface area contributed by atoms with Gasteiger partial charge in [-0.2, -0.15) is 0 Å². The predicted molar refractivity (Wildman–Crippen MR) is 79.0 cm³/mol. The molecule has 0 aliphatic carbocycles. The largest absolute Gasteiger partial charge is 0.384 e. The van der Waals surface area contributed by atoms with Crippen molar-refractivity contribution in [3.8, 4) is 0 Å². The van der Waals surface area contributed by atoms with E-state index in [0.717, 1.165) is 38.3 Å². The smallest absolute Gasteiger partial charge is 0.271 e. The molecule has 0 heterocycles. The number of nitro groups is 1. The molecule has 0 amide bonds. The molecule has 0 bridgehead atoms. The van der Waals surface area contributed by atoms with E-state index in [4.69, 9.17) is 11.6 Å². The van der Waals surface area contributed by atoms with Gasteiger partial charge in [-0.05, 0) is 32.1 Å². The molecule has 1 aromatic rings. The Balaban J connectivity index is 2.43. The minimum absolute atomic E-state index is 0.0127. The zero-order valence-electron chi connectivity index (χ0n) is 11.4. The van der Waals surface area contributed by atoms with Gasteiger partial charge in [-0.15, -0.1) is 0 Å². The zero-order chi connectivity index (χ0) is 14.3. The molecule has 1 N–H and O–H groups in total. The quantitative estimate of drug-likeness (QED) is 0.452. The first-order chi connectivity index (χ1) is 9.08. The lowest BCUT2D eigenvalue weighted by Crippen LogP contribution is -2.25. The molecule has 0 spiro atoms. The monoisotopic (exact) mass is 285 g/mol. The molecule has 0 saturated carbocycles. The molecule has 6 heteroatoms. The number of benzene rings is 1. The summed E-state index contributed by atoms with van der Waals surface area (Å²) in [5.74, 6) is 0. The Morgan fingerprint density at radius 3 is 2.58 bits per heavy atom. The van der Waals surface area contributed by atoms with Crippen LogP contribution in [0.25, 0.3) is 0 Å². The van der Waals surface area contributed by atoms with E-state index in [1.165, 1.54) is 12.1 Å². The summed E-state index contributed by atoms with van der Waals surface area (Å²) in [4.78, 5) is 12.5. The van der Waals surface area contributed by atoms with Gasteiger partial charge in [-0.1, -0.05) is 25.4 Å². The highest BCUT2D eigenvalue weighted by Gasteiger charge is 2.08. The molecule has 1 rings (SSSR count). The molecule has 0 fully saturated rings. The average molecular weight is 286 g/mol. The van der Waals surface area contributed by atoms with E-state index >= 15 is 0 Å².